The number of hydrogen-bond donors (Lipinski definition) is 1. The van der Waals surface area contributed by atoms with Gasteiger partial charge in [0, 0.05) is 43.2 Å². The minimum Gasteiger partial charge on any atom is -0.481 e. The normalized spacial score (nSPS) is 27.9. The SMILES string of the molecule is O=C(O)C1CN(CC2CCCCC2)CC12CCN(Cc1cnsc1)CC2. The van der Waals surface area contributed by atoms with Crippen molar-refractivity contribution in [3.63, 3.8) is 0 Å². The first kappa shape index (κ1) is 18.4. The van der Waals surface area contributed by atoms with Gasteiger partial charge in [-0.25, -0.2) is 4.37 Å². The molecule has 6 heteroatoms. The smallest absolute Gasteiger partial charge is 0.308 e. The second-order valence-corrected chi connectivity index (χ2v) is 9.42. The number of carbonyl (C=O) groups is 1. The monoisotopic (exact) mass is 377 g/mol. The van der Waals surface area contributed by atoms with E-state index in [2.05, 4.69) is 19.6 Å². The fourth-order valence-electron chi connectivity index (χ4n) is 5.51. The molecule has 3 heterocycles. The number of nitrogens with zero attached hydrogens (tertiary/aromatic N) is 3. The number of carboxylic acids is 1. The summed E-state index contributed by atoms with van der Waals surface area (Å²) in [5.41, 5.74) is 1.27. The summed E-state index contributed by atoms with van der Waals surface area (Å²) in [6.45, 7) is 5.86. The Hall–Kier alpha value is -0.980. The highest BCUT2D eigenvalue weighted by Crippen LogP contribution is 2.45. The third kappa shape index (κ3) is 3.97. The van der Waals surface area contributed by atoms with Crippen LogP contribution in [0.25, 0.3) is 0 Å². The molecule has 5 nitrogen and oxygen atoms in total. The first-order valence-corrected chi connectivity index (χ1v) is 11.0. The zero-order valence-electron chi connectivity index (χ0n) is 15.6. The van der Waals surface area contributed by atoms with Crippen molar-refractivity contribution < 1.29 is 9.90 Å². The van der Waals surface area contributed by atoms with E-state index in [9.17, 15) is 9.90 Å². The summed E-state index contributed by atoms with van der Waals surface area (Å²) in [5.74, 6) is 0.0298. The summed E-state index contributed by atoms with van der Waals surface area (Å²) in [6.07, 6.45) is 10.8. The quantitative estimate of drug-likeness (QED) is 0.853. The Kier molecular flexibility index (Phi) is 5.62. The van der Waals surface area contributed by atoms with Crippen molar-refractivity contribution in [1.82, 2.24) is 14.2 Å². The minimum absolute atomic E-state index is 0.0100. The number of aliphatic carboxylic acids is 1. The topological polar surface area (TPSA) is 56.7 Å². The van der Waals surface area contributed by atoms with Crippen molar-refractivity contribution in [2.24, 2.45) is 17.3 Å². The first-order valence-electron chi connectivity index (χ1n) is 10.2. The van der Waals surface area contributed by atoms with Crippen molar-refractivity contribution in [3.8, 4) is 0 Å². The van der Waals surface area contributed by atoms with Crippen LogP contribution in [0.5, 0.6) is 0 Å². The highest BCUT2D eigenvalue weighted by atomic mass is 32.1. The van der Waals surface area contributed by atoms with Gasteiger partial charge < -0.3 is 10.0 Å². The number of likely N-dealkylation sites (tertiary alicyclic amines) is 2. The summed E-state index contributed by atoms with van der Waals surface area (Å²) in [7, 11) is 0. The molecule has 2 saturated heterocycles. The van der Waals surface area contributed by atoms with Crippen LogP contribution in [0.4, 0.5) is 0 Å². The van der Waals surface area contributed by atoms with E-state index in [0.717, 1.165) is 58.0 Å². The molecule has 1 unspecified atom stereocenters. The lowest BCUT2D eigenvalue weighted by atomic mass is 9.71. The molecule has 1 atom stereocenters. The lowest BCUT2D eigenvalue weighted by Crippen LogP contribution is -2.45. The van der Waals surface area contributed by atoms with Gasteiger partial charge in [0.05, 0.1) is 5.92 Å². The molecule has 1 spiro atoms. The fraction of sp³-hybridized carbons (Fsp3) is 0.800. The maximum Gasteiger partial charge on any atom is 0.308 e. The van der Waals surface area contributed by atoms with E-state index in [0.29, 0.717) is 0 Å². The minimum atomic E-state index is -0.577. The summed E-state index contributed by atoms with van der Waals surface area (Å²) in [4.78, 5) is 17.0. The van der Waals surface area contributed by atoms with Crippen LogP contribution in [-0.4, -0.2) is 58.0 Å². The molecule has 1 aromatic rings. The van der Waals surface area contributed by atoms with Gasteiger partial charge in [-0.1, -0.05) is 19.3 Å². The largest absolute Gasteiger partial charge is 0.481 e. The average Bonchev–Trinajstić information content (AvgIpc) is 3.26. The molecule has 0 bridgehead atoms. The Morgan fingerprint density at radius 3 is 2.65 bits per heavy atom. The van der Waals surface area contributed by atoms with Crippen molar-refractivity contribution in [2.75, 3.05) is 32.7 Å². The molecule has 3 fully saturated rings. The number of hydrogen-bond acceptors (Lipinski definition) is 5. The molecule has 1 N–H and O–H groups in total. The molecule has 1 aromatic heterocycles. The highest BCUT2D eigenvalue weighted by Gasteiger charge is 2.51. The summed E-state index contributed by atoms with van der Waals surface area (Å²) < 4.78 is 4.19. The zero-order valence-corrected chi connectivity index (χ0v) is 16.4. The van der Waals surface area contributed by atoms with Crippen LogP contribution in [0.1, 0.15) is 50.5 Å². The van der Waals surface area contributed by atoms with E-state index in [1.165, 1.54) is 49.2 Å². The van der Waals surface area contributed by atoms with E-state index in [1.807, 2.05) is 6.20 Å². The van der Waals surface area contributed by atoms with Gasteiger partial charge in [0.2, 0.25) is 0 Å². The van der Waals surface area contributed by atoms with Gasteiger partial charge in [-0.3, -0.25) is 9.69 Å². The predicted molar refractivity (Wildman–Crippen MR) is 103 cm³/mol. The summed E-state index contributed by atoms with van der Waals surface area (Å²) >= 11 is 1.51. The maximum absolute atomic E-state index is 12.0. The van der Waals surface area contributed by atoms with Gasteiger partial charge in [0.15, 0.2) is 0 Å². The van der Waals surface area contributed by atoms with Crippen LogP contribution in [0, 0.1) is 17.3 Å². The van der Waals surface area contributed by atoms with E-state index in [1.54, 1.807) is 0 Å². The average molecular weight is 378 g/mol. The summed E-state index contributed by atoms with van der Waals surface area (Å²) in [5, 5.41) is 12.0. The van der Waals surface area contributed by atoms with Gasteiger partial charge in [-0.2, -0.15) is 0 Å². The van der Waals surface area contributed by atoms with Crippen LogP contribution in [0.15, 0.2) is 11.6 Å². The second kappa shape index (κ2) is 7.95. The van der Waals surface area contributed by atoms with Gasteiger partial charge in [0.1, 0.15) is 0 Å². The van der Waals surface area contributed by atoms with Crippen molar-refractivity contribution in [3.05, 3.63) is 17.1 Å². The van der Waals surface area contributed by atoms with Crippen LogP contribution in [-0.2, 0) is 11.3 Å². The molecule has 0 amide bonds. The fourth-order valence-corrected chi connectivity index (χ4v) is 6.04. The number of rotatable bonds is 5. The Morgan fingerprint density at radius 1 is 1.23 bits per heavy atom. The molecule has 0 radical (unpaired) electrons. The maximum atomic E-state index is 12.0. The molecule has 4 rings (SSSR count). The lowest BCUT2D eigenvalue weighted by molar-refractivity contribution is -0.146. The zero-order chi connectivity index (χ0) is 18.0. The van der Waals surface area contributed by atoms with Crippen molar-refractivity contribution >= 4 is 17.5 Å². The van der Waals surface area contributed by atoms with E-state index < -0.39 is 5.97 Å². The predicted octanol–water partition coefficient (Wildman–Crippen LogP) is 3.32. The Balaban J connectivity index is 1.37. The number of piperidine rings is 1. The molecule has 1 aliphatic carbocycles. The second-order valence-electron chi connectivity index (χ2n) is 8.76. The van der Waals surface area contributed by atoms with Crippen LogP contribution in [0.3, 0.4) is 0 Å². The standard InChI is InChI=1S/C20H31N3O2S/c24-19(25)18-13-23(11-16-4-2-1-3-5-16)15-20(18)6-8-22(9-7-20)12-17-10-21-26-14-17/h10,14,16,18H,1-9,11-13,15H2,(H,24,25). The molecule has 0 aromatic carbocycles. The third-order valence-corrected chi connectivity index (χ3v) is 7.63. The van der Waals surface area contributed by atoms with Gasteiger partial charge in [-0.05, 0) is 61.8 Å². The molecular formula is C20H31N3O2S. The van der Waals surface area contributed by atoms with Crippen LogP contribution >= 0.6 is 11.5 Å². The number of aromatic nitrogens is 1. The van der Waals surface area contributed by atoms with Crippen molar-refractivity contribution in [2.45, 2.75) is 51.5 Å². The third-order valence-electron chi connectivity index (χ3n) is 7.00. The Bertz CT molecular complexity index is 592. The van der Waals surface area contributed by atoms with Crippen LogP contribution < -0.4 is 0 Å². The van der Waals surface area contributed by atoms with E-state index in [-0.39, 0.29) is 11.3 Å². The lowest BCUT2D eigenvalue weighted by Gasteiger charge is -2.41. The van der Waals surface area contributed by atoms with E-state index in [4.69, 9.17) is 0 Å². The Labute approximate surface area is 160 Å². The van der Waals surface area contributed by atoms with Crippen LogP contribution in [0.2, 0.25) is 0 Å². The Morgan fingerprint density at radius 2 is 2.00 bits per heavy atom. The molecule has 2 aliphatic heterocycles. The van der Waals surface area contributed by atoms with E-state index >= 15 is 0 Å². The molecule has 1 saturated carbocycles. The van der Waals surface area contributed by atoms with Gasteiger partial charge >= 0.3 is 5.97 Å². The summed E-state index contributed by atoms with van der Waals surface area (Å²) in [6, 6.07) is 0. The number of carboxylic acid groups (broad SMARTS) is 1. The van der Waals surface area contributed by atoms with Gasteiger partial charge in [0.25, 0.3) is 0 Å². The highest BCUT2D eigenvalue weighted by molar-refractivity contribution is 7.03. The molecule has 3 aliphatic rings. The molecule has 144 valence electrons. The molecule has 26 heavy (non-hydrogen) atoms. The van der Waals surface area contributed by atoms with Gasteiger partial charge in [-0.15, -0.1) is 0 Å². The molecular weight excluding hydrogens is 346 g/mol. The van der Waals surface area contributed by atoms with Crippen molar-refractivity contribution in [1.29, 1.82) is 0 Å². The first-order chi connectivity index (χ1) is 12.6.